The highest BCUT2D eigenvalue weighted by atomic mass is 16.7. The minimum Gasteiger partial charge on any atom is -0.379 e. The number of hydrogen-bond acceptors (Lipinski definition) is 3. The lowest BCUT2D eigenvalue weighted by Gasteiger charge is -2.12. The molecule has 1 saturated heterocycles. The molecule has 0 aliphatic carbocycles. The summed E-state index contributed by atoms with van der Waals surface area (Å²) in [7, 11) is 0. The van der Waals surface area contributed by atoms with E-state index in [1.165, 1.54) is 128 Å². The van der Waals surface area contributed by atoms with Crippen LogP contribution in [0, 0.1) is 0 Å². The van der Waals surface area contributed by atoms with Crippen molar-refractivity contribution in [2.24, 2.45) is 0 Å². The number of unbranched alkanes of at least 4 members (excludes halogenated alkanes) is 19. The van der Waals surface area contributed by atoms with E-state index in [4.69, 9.17) is 14.2 Å². The van der Waals surface area contributed by atoms with Crippen LogP contribution in [0.1, 0.15) is 148 Å². The minimum absolute atomic E-state index is 0.000350. The minimum atomic E-state index is -0.000350. The molecule has 0 saturated carbocycles. The van der Waals surface area contributed by atoms with Crippen LogP contribution in [0.25, 0.3) is 0 Å². The van der Waals surface area contributed by atoms with Crippen molar-refractivity contribution in [1.29, 1.82) is 0 Å². The van der Waals surface area contributed by atoms with Crippen molar-refractivity contribution in [2.75, 3.05) is 19.8 Å². The Balaban J connectivity index is 1.25. The number of nitrogens with zero attached hydrogens (tertiary/aromatic N) is 1. The lowest BCUT2D eigenvalue weighted by Crippen LogP contribution is -2.32. The summed E-state index contributed by atoms with van der Waals surface area (Å²) in [6, 6.07) is 6.28. The zero-order chi connectivity index (χ0) is 26.8. The Morgan fingerprint density at radius 3 is 1.76 bits per heavy atom. The van der Waals surface area contributed by atoms with E-state index in [0.717, 1.165) is 26.0 Å². The number of hydrogen-bond donors (Lipinski definition) is 0. The van der Waals surface area contributed by atoms with Crippen LogP contribution in [-0.2, 0) is 20.8 Å². The van der Waals surface area contributed by atoms with Crippen LogP contribution in [0.4, 0.5) is 0 Å². The first-order valence-electron chi connectivity index (χ1n) is 16.7. The Kier molecular flexibility index (Phi) is 21.9. The molecule has 220 valence electrons. The quantitative estimate of drug-likeness (QED) is 0.0835. The molecule has 1 aliphatic rings. The lowest BCUT2D eigenvalue weighted by molar-refractivity contribution is -0.697. The molecule has 1 aliphatic heterocycles. The Morgan fingerprint density at radius 2 is 1.16 bits per heavy atom. The fourth-order valence-electron chi connectivity index (χ4n) is 5.43. The lowest BCUT2D eigenvalue weighted by atomic mass is 10.0. The molecule has 1 fully saturated rings. The Hall–Kier alpha value is -0.970. The highest BCUT2D eigenvalue weighted by Gasteiger charge is 2.25. The second-order valence-electron chi connectivity index (χ2n) is 11.6. The second kappa shape index (κ2) is 25.0. The molecule has 1 aromatic rings. The average Bonchev–Trinajstić information content (AvgIpc) is 3.40. The van der Waals surface area contributed by atoms with Crippen molar-refractivity contribution in [3.8, 4) is 0 Å². The number of aryl methyl sites for hydroxylation is 1. The molecule has 1 aromatic heterocycles. The predicted octanol–water partition coefficient (Wildman–Crippen LogP) is 9.33. The molecule has 0 aromatic carbocycles. The van der Waals surface area contributed by atoms with Gasteiger partial charge in [-0.2, -0.15) is 0 Å². The molecule has 0 bridgehead atoms. The van der Waals surface area contributed by atoms with Crippen molar-refractivity contribution in [3.05, 3.63) is 30.6 Å². The van der Waals surface area contributed by atoms with Gasteiger partial charge in [-0.1, -0.05) is 122 Å². The largest absolute Gasteiger partial charge is 0.379 e. The molecular formula is C34H62NO3+. The van der Waals surface area contributed by atoms with Gasteiger partial charge in [-0.3, -0.25) is 0 Å². The number of pyridine rings is 1. The molecule has 0 N–H and O–H groups in total. The van der Waals surface area contributed by atoms with E-state index in [1.807, 2.05) is 0 Å². The maximum absolute atomic E-state index is 6.04. The van der Waals surface area contributed by atoms with Crippen LogP contribution in [-0.4, -0.2) is 32.2 Å². The molecule has 0 unspecified atom stereocenters. The van der Waals surface area contributed by atoms with Gasteiger partial charge in [0.1, 0.15) is 12.6 Å². The summed E-state index contributed by atoms with van der Waals surface area (Å²) in [5, 5.41) is 0. The highest BCUT2D eigenvalue weighted by molar-refractivity contribution is 4.83. The first-order chi connectivity index (χ1) is 18.9. The van der Waals surface area contributed by atoms with Gasteiger partial charge in [0.15, 0.2) is 18.7 Å². The Labute approximate surface area is 236 Å². The van der Waals surface area contributed by atoms with E-state index in [1.54, 1.807) is 0 Å². The average molecular weight is 533 g/mol. The summed E-state index contributed by atoms with van der Waals surface area (Å²) in [6.07, 6.45) is 34.2. The summed E-state index contributed by atoms with van der Waals surface area (Å²) >= 11 is 0. The molecule has 4 nitrogen and oxygen atoms in total. The van der Waals surface area contributed by atoms with E-state index in [0.29, 0.717) is 13.2 Å². The standard InChI is InChI=1S/C34H62NO3/c1-2-3-4-5-6-7-8-9-10-11-12-13-14-17-21-26-34-37-32-33(38-34)31-36-30-25-19-16-15-18-22-27-35-28-23-20-24-29-35/h20,23-24,28-29,33-34H,2-19,21-22,25-27,30-32H2,1H3/q+1/t33-,34-/m1/s1. The molecule has 4 heteroatoms. The molecule has 0 spiro atoms. The molecule has 38 heavy (non-hydrogen) atoms. The van der Waals surface area contributed by atoms with E-state index in [9.17, 15) is 0 Å². The topological polar surface area (TPSA) is 31.6 Å². The van der Waals surface area contributed by atoms with E-state index < -0.39 is 0 Å². The number of aromatic nitrogens is 1. The number of ether oxygens (including phenoxy) is 3. The zero-order valence-corrected chi connectivity index (χ0v) is 25.1. The summed E-state index contributed by atoms with van der Waals surface area (Å²) in [6.45, 7) is 5.66. The van der Waals surface area contributed by atoms with Gasteiger partial charge in [-0.15, -0.1) is 0 Å². The van der Waals surface area contributed by atoms with Crippen molar-refractivity contribution in [1.82, 2.24) is 0 Å². The third kappa shape index (κ3) is 19.1. The SMILES string of the molecule is CCCCCCCCCCCCCCCCC[C@@H]1OC[C@@H](COCCCCCCCC[n+]2ccccc2)O1. The third-order valence-corrected chi connectivity index (χ3v) is 7.89. The van der Waals surface area contributed by atoms with Crippen molar-refractivity contribution < 1.29 is 18.8 Å². The summed E-state index contributed by atoms with van der Waals surface area (Å²) in [4.78, 5) is 0. The fourth-order valence-corrected chi connectivity index (χ4v) is 5.43. The third-order valence-electron chi connectivity index (χ3n) is 7.89. The molecule has 2 atom stereocenters. The molecule has 0 amide bonds. The van der Waals surface area contributed by atoms with Crippen molar-refractivity contribution >= 4 is 0 Å². The summed E-state index contributed by atoms with van der Waals surface area (Å²) < 4.78 is 20.0. The Bertz CT molecular complexity index is 611. The van der Waals surface area contributed by atoms with Gasteiger partial charge >= 0.3 is 0 Å². The predicted molar refractivity (Wildman–Crippen MR) is 159 cm³/mol. The smallest absolute Gasteiger partial charge is 0.168 e. The van der Waals surface area contributed by atoms with Crippen LogP contribution in [0.2, 0.25) is 0 Å². The van der Waals surface area contributed by atoms with E-state index in [2.05, 4.69) is 42.1 Å². The van der Waals surface area contributed by atoms with Gasteiger partial charge in [0.25, 0.3) is 0 Å². The molecular weight excluding hydrogens is 470 g/mol. The van der Waals surface area contributed by atoms with Gasteiger partial charge in [0, 0.05) is 25.2 Å². The molecule has 2 heterocycles. The van der Waals surface area contributed by atoms with Crippen LogP contribution in [0.3, 0.4) is 0 Å². The molecule has 2 rings (SSSR count). The van der Waals surface area contributed by atoms with E-state index in [-0.39, 0.29) is 12.4 Å². The van der Waals surface area contributed by atoms with Crippen LogP contribution in [0.5, 0.6) is 0 Å². The first kappa shape index (κ1) is 33.2. The number of rotatable bonds is 27. The van der Waals surface area contributed by atoms with Crippen LogP contribution in [0.15, 0.2) is 30.6 Å². The van der Waals surface area contributed by atoms with Gasteiger partial charge in [-0.25, -0.2) is 4.57 Å². The van der Waals surface area contributed by atoms with Crippen molar-refractivity contribution in [2.45, 2.75) is 167 Å². The summed E-state index contributed by atoms with van der Waals surface area (Å²) in [5.74, 6) is 0. The van der Waals surface area contributed by atoms with Crippen LogP contribution >= 0.6 is 0 Å². The van der Waals surface area contributed by atoms with E-state index >= 15 is 0 Å². The highest BCUT2D eigenvalue weighted by Crippen LogP contribution is 2.19. The summed E-state index contributed by atoms with van der Waals surface area (Å²) in [5.41, 5.74) is 0. The Morgan fingerprint density at radius 1 is 0.632 bits per heavy atom. The maximum atomic E-state index is 6.04. The first-order valence-corrected chi connectivity index (χ1v) is 16.7. The molecule has 0 radical (unpaired) electrons. The van der Waals surface area contributed by atoms with Crippen LogP contribution < -0.4 is 4.57 Å². The van der Waals surface area contributed by atoms with Gasteiger partial charge in [0.05, 0.1) is 13.2 Å². The zero-order valence-electron chi connectivity index (χ0n) is 25.1. The van der Waals surface area contributed by atoms with Gasteiger partial charge in [0.2, 0.25) is 0 Å². The normalized spacial score (nSPS) is 17.4. The van der Waals surface area contributed by atoms with Gasteiger partial charge < -0.3 is 14.2 Å². The monoisotopic (exact) mass is 532 g/mol. The van der Waals surface area contributed by atoms with Crippen molar-refractivity contribution in [3.63, 3.8) is 0 Å². The maximum Gasteiger partial charge on any atom is 0.168 e. The fraction of sp³-hybridized carbons (Fsp3) is 0.853. The second-order valence-corrected chi connectivity index (χ2v) is 11.6. The van der Waals surface area contributed by atoms with Gasteiger partial charge in [-0.05, 0) is 25.7 Å².